The van der Waals surface area contributed by atoms with Gasteiger partial charge in [-0.15, -0.1) is 0 Å². The van der Waals surface area contributed by atoms with Gasteiger partial charge in [0.25, 0.3) is 0 Å². The third kappa shape index (κ3) is 3.43. The Balaban J connectivity index is 2.04. The molecule has 4 nitrogen and oxygen atoms in total. The average Bonchev–Trinajstić information content (AvgIpc) is 2.26. The van der Waals surface area contributed by atoms with E-state index in [1.807, 2.05) is 13.2 Å². The van der Waals surface area contributed by atoms with Crippen LogP contribution in [-0.4, -0.2) is 41.7 Å². The molecule has 0 spiro atoms. The van der Waals surface area contributed by atoms with E-state index in [9.17, 15) is 0 Å². The van der Waals surface area contributed by atoms with Crippen LogP contribution < -0.4 is 5.32 Å². The van der Waals surface area contributed by atoms with Crippen molar-refractivity contribution in [1.82, 2.24) is 9.88 Å². The van der Waals surface area contributed by atoms with Crippen LogP contribution in [0.2, 0.25) is 0 Å². The third-order valence-corrected chi connectivity index (χ3v) is 3.13. The van der Waals surface area contributed by atoms with Crippen LogP contribution in [0.5, 0.6) is 0 Å². The molecule has 2 heterocycles. The fraction of sp³-hybridized carbons (Fsp3) is 0.643. The topological polar surface area (TPSA) is 37.4 Å². The molecule has 0 saturated carbocycles. The van der Waals surface area contributed by atoms with Gasteiger partial charge >= 0.3 is 0 Å². The largest absolute Gasteiger partial charge is 0.373 e. The summed E-state index contributed by atoms with van der Waals surface area (Å²) in [5, 5.41) is 3.08. The highest BCUT2D eigenvalue weighted by Gasteiger charge is 2.31. The van der Waals surface area contributed by atoms with Crippen molar-refractivity contribution in [3.63, 3.8) is 0 Å². The number of hydrogen-bond acceptors (Lipinski definition) is 4. The third-order valence-electron chi connectivity index (χ3n) is 3.13. The van der Waals surface area contributed by atoms with E-state index in [0.29, 0.717) is 6.10 Å². The Bertz CT molecular complexity index is 406. The molecule has 2 rings (SSSR count). The van der Waals surface area contributed by atoms with Gasteiger partial charge in [-0.1, -0.05) is 0 Å². The molecule has 1 aliphatic rings. The molecule has 1 fully saturated rings. The number of nitrogens with one attached hydrogen (secondary N) is 1. The van der Waals surface area contributed by atoms with Crippen molar-refractivity contribution in [3.8, 4) is 0 Å². The van der Waals surface area contributed by atoms with Crippen LogP contribution in [0, 0.1) is 0 Å². The first kappa shape index (κ1) is 13.3. The normalized spacial score (nSPS) is 23.9. The van der Waals surface area contributed by atoms with E-state index in [1.165, 1.54) is 5.56 Å². The molecule has 0 aliphatic carbocycles. The van der Waals surface area contributed by atoms with Gasteiger partial charge in [0.1, 0.15) is 5.82 Å². The molecule has 0 bridgehead atoms. The van der Waals surface area contributed by atoms with Crippen LogP contribution in [-0.2, 0) is 11.3 Å². The minimum Gasteiger partial charge on any atom is -0.373 e. The quantitative estimate of drug-likeness (QED) is 0.890. The summed E-state index contributed by atoms with van der Waals surface area (Å²) in [5.74, 6) is 0.924. The van der Waals surface area contributed by atoms with Crippen molar-refractivity contribution in [2.45, 2.75) is 39.0 Å². The lowest BCUT2D eigenvalue weighted by atomic mass is 10.0. The smallest absolute Gasteiger partial charge is 0.125 e. The van der Waals surface area contributed by atoms with Crippen molar-refractivity contribution in [2.24, 2.45) is 0 Å². The van der Waals surface area contributed by atoms with Crippen molar-refractivity contribution in [1.29, 1.82) is 0 Å². The highest BCUT2D eigenvalue weighted by Crippen LogP contribution is 2.22. The summed E-state index contributed by atoms with van der Waals surface area (Å²) >= 11 is 0. The van der Waals surface area contributed by atoms with E-state index in [0.717, 1.165) is 25.5 Å². The SMILES string of the molecule is CNc1cc(CN2CC(C)OC(C)(C)C2)ccn1. The lowest BCUT2D eigenvalue weighted by Crippen LogP contribution is -2.51. The van der Waals surface area contributed by atoms with Crippen molar-refractivity contribution in [3.05, 3.63) is 23.9 Å². The molecule has 0 radical (unpaired) electrons. The van der Waals surface area contributed by atoms with Gasteiger partial charge in [0.05, 0.1) is 11.7 Å². The van der Waals surface area contributed by atoms with Crippen molar-refractivity contribution in [2.75, 3.05) is 25.5 Å². The van der Waals surface area contributed by atoms with Gasteiger partial charge in [-0.05, 0) is 38.5 Å². The molecule has 18 heavy (non-hydrogen) atoms. The number of rotatable bonds is 3. The molecule has 1 saturated heterocycles. The maximum absolute atomic E-state index is 5.92. The summed E-state index contributed by atoms with van der Waals surface area (Å²) in [6, 6.07) is 4.18. The Kier molecular flexibility index (Phi) is 3.88. The standard InChI is InChI=1S/C14H23N3O/c1-11-8-17(10-14(2,3)18-11)9-12-5-6-16-13(7-12)15-4/h5-7,11H,8-10H2,1-4H3,(H,15,16). The molecule has 100 valence electrons. The minimum absolute atomic E-state index is 0.0590. The average molecular weight is 249 g/mol. The summed E-state index contributed by atoms with van der Waals surface area (Å²) in [7, 11) is 1.89. The molecule has 4 heteroatoms. The van der Waals surface area contributed by atoms with Crippen LogP contribution in [0.15, 0.2) is 18.3 Å². The molecule has 1 atom stereocenters. The van der Waals surface area contributed by atoms with E-state index in [1.54, 1.807) is 0 Å². The number of aromatic nitrogens is 1. The fourth-order valence-corrected chi connectivity index (χ4v) is 2.67. The highest BCUT2D eigenvalue weighted by molar-refractivity contribution is 5.36. The van der Waals surface area contributed by atoms with Crippen LogP contribution in [0.1, 0.15) is 26.3 Å². The molecule has 0 aromatic carbocycles. The first-order valence-corrected chi connectivity index (χ1v) is 6.51. The van der Waals surface area contributed by atoms with E-state index in [4.69, 9.17) is 4.74 Å². The van der Waals surface area contributed by atoms with Crippen LogP contribution in [0.3, 0.4) is 0 Å². The molecule has 1 aromatic rings. The fourth-order valence-electron chi connectivity index (χ4n) is 2.67. The Morgan fingerprint density at radius 2 is 2.33 bits per heavy atom. The Hall–Kier alpha value is -1.13. The summed E-state index contributed by atoms with van der Waals surface area (Å²) in [5.41, 5.74) is 1.23. The number of morpholine rings is 1. The first-order valence-electron chi connectivity index (χ1n) is 6.51. The maximum atomic E-state index is 5.92. The van der Waals surface area contributed by atoms with Gasteiger partial charge < -0.3 is 10.1 Å². The highest BCUT2D eigenvalue weighted by atomic mass is 16.5. The first-order chi connectivity index (χ1) is 8.48. The van der Waals surface area contributed by atoms with Gasteiger partial charge in [-0.2, -0.15) is 0 Å². The summed E-state index contributed by atoms with van der Waals surface area (Å²) < 4.78 is 5.92. The Morgan fingerprint density at radius 1 is 1.56 bits per heavy atom. The minimum atomic E-state index is -0.0590. The molecule has 1 aliphatic heterocycles. The van der Waals surface area contributed by atoms with Crippen molar-refractivity contribution < 1.29 is 4.74 Å². The molecule has 0 amide bonds. The number of nitrogens with zero attached hydrogens (tertiary/aromatic N) is 2. The summed E-state index contributed by atoms with van der Waals surface area (Å²) in [4.78, 5) is 6.69. The molecule has 1 N–H and O–H groups in total. The van der Waals surface area contributed by atoms with Crippen LogP contribution in [0.4, 0.5) is 5.82 Å². The van der Waals surface area contributed by atoms with Crippen LogP contribution >= 0.6 is 0 Å². The zero-order valence-corrected chi connectivity index (χ0v) is 11.7. The van der Waals surface area contributed by atoms with Gasteiger partial charge in [-0.25, -0.2) is 4.98 Å². The van der Waals surface area contributed by atoms with Gasteiger partial charge in [0.15, 0.2) is 0 Å². The Labute approximate surface area is 109 Å². The van der Waals surface area contributed by atoms with Crippen molar-refractivity contribution >= 4 is 5.82 Å². The van der Waals surface area contributed by atoms with Gasteiger partial charge in [-0.3, -0.25) is 4.90 Å². The number of ether oxygens (including phenoxy) is 1. The predicted octanol–water partition coefficient (Wildman–Crippen LogP) is 2.12. The number of pyridine rings is 1. The zero-order chi connectivity index (χ0) is 13.2. The van der Waals surface area contributed by atoms with Gasteiger partial charge in [0, 0.05) is 32.9 Å². The molecular formula is C14H23N3O. The number of anilines is 1. The second-order valence-electron chi connectivity index (χ2n) is 5.66. The second-order valence-corrected chi connectivity index (χ2v) is 5.66. The van der Waals surface area contributed by atoms with E-state index < -0.39 is 0 Å². The molecular weight excluding hydrogens is 226 g/mol. The second kappa shape index (κ2) is 5.24. The summed E-state index contributed by atoms with van der Waals surface area (Å²) in [6.07, 6.45) is 2.15. The van der Waals surface area contributed by atoms with Crippen LogP contribution in [0.25, 0.3) is 0 Å². The number of hydrogen-bond donors (Lipinski definition) is 1. The van der Waals surface area contributed by atoms with E-state index in [-0.39, 0.29) is 5.60 Å². The maximum Gasteiger partial charge on any atom is 0.125 e. The predicted molar refractivity (Wildman–Crippen MR) is 73.7 cm³/mol. The lowest BCUT2D eigenvalue weighted by Gasteiger charge is -2.41. The zero-order valence-electron chi connectivity index (χ0n) is 11.7. The Morgan fingerprint density at radius 3 is 3.00 bits per heavy atom. The summed E-state index contributed by atoms with van der Waals surface area (Å²) in [6.45, 7) is 9.35. The monoisotopic (exact) mass is 249 g/mol. The molecule has 1 aromatic heterocycles. The van der Waals surface area contributed by atoms with Gasteiger partial charge in [0.2, 0.25) is 0 Å². The van der Waals surface area contributed by atoms with E-state index in [2.05, 4.69) is 48.1 Å². The lowest BCUT2D eigenvalue weighted by molar-refractivity contribution is -0.130. The van der Waals surface area contributed by atoms with E-state index >= 15 is 0 Å². The molecule has 1 unspecified atom stereocenters.